The Morgan fingerprint density at radius 3 is 1.97 bits per heavy atom. The van der Waals surface area contributed by atoms with Gasteiger partial charge in [0.25, 0.3) is 0 Å². The third-order valence-corrected chi connectivity index (χ3v) is 19.1. The molecule has 19 nitrogen and oxygen atoms in total. The van der Waals surface area contributed by atoms with Crippen LogP contribution in [-0.2, 0) is 38.0 Å². The molecule has 3 heterocycles. The van der Waals surface area contributed by atoms with Gasteiger partial charge in [0.2, 0.25) is 0 Å². The number of aliphatic hydroxyl groups excluding tert-OH is 9. The maximum absolute atomic E-state index is 13.2. The summed E-state index contributed by atoms with van der Waals surface area (Å²) >= 11 is 0. The Morgan fingerprint density at radius 2 is 1.33 bits per heavy atom. The maximum Gasteiger partial charge on any atom is 0.335 e. The topological polar surface area (TPSA) is 312 Å². The third kappa shape index (κ3) is 7.73. The summed E-state index contributed by atoms with van der Waals surface area (Å²) in [6, 6.07) is 0. The Balaban J connectivity index is 1.08. The van der Waals surface area contributed by atoms with Crippen molar-refractivity contribution in [3.8, 4) is 0 Å². The minimum absolute atomic E-state index is 0.0178. The van der Waals surface area contributed by atoms with Crippen molar-refractivity contribution in [2.45, 2.75) is 198 Å². The van der Waals surface area contributed by atoms with Crippen LogP contribution in [0.4, 0.5) is 0 Å². The number of carbonyl (C=O) groups is 2. The summed E-state index contributed by atoms with van der Waals surface area (Å²) in [5.74, 6) is -2.34. The lowest BCUT2D eigenvalue weighted by Gasteiger charge is -2.71. The number of hydrogen-bond donors (Lipinski definition) is 11. The molecule has 376 valence electrons. The first-order valence-corrected chi connectivity index (χ1v) is 23.9. The highest BCUT2D eigenvalue weighted by atomic mass is 16.8. The van der Waals surface area contributed by atoms with Crippen molar-refractivity contribution in [3.05, 3.63) is 11.6 Å². The van der Waals surface area contributed by atoms with Crippen LogP contribution < -0.4 is 0 Å². The van der Waals surface area contributed by atoms with E-state index in [1.54, 1.807) is 0 Å². The van der Waals surface area contributed by atoms with Crippen molar-refractivity contribution in [2.75, 3.05) is 19.8 Å². The van der Waals surface area contributed by atoms with Crippen LogP contribution in [0.3, 0.4) is 0 Å². The van der Waals surface area contributed by atoms with Gasteiger partial charge in [-0.25, -0.2) is 4.79 Å². The molecule has 3 aliphatic heterocycles. The van der Waals surface area contributed by atoms with E-state index in [4.69, 9.17) is 28.4 Å². The normalized spacial score (nSPS) is 53.6. The van der Waals surface area contributed by atoms with E-state index in [9.17, 15) is 65.8 Å². The van der Waals surface area contributed by atoms with Gasteiger partial charge >= 0.3 is 11.9 Å². The predicted octanol–water partition coefficient (Wildman–Crippen LogP) is 0.410. The van der Waals surface area contributed by atoms with E-state index in [1.807, 2.05) is 6.92 Å². The lowest BCUT2D eigenvalue weighted by molar-refractivity contribution is -0.393. The Kier molecular flexibility index (Phi) is 13.6. The van der Waals surface area contributed by atoms with E-state index >= 15 is 0 Å². The van der Waals surface area contributed by atoms with Gasteiger partial charge in [-0.2, -0.15) is 0 Å². The van der Waals surface area contributed by atoms with Crippen LogP contribution in [0.1, 0.15) is 106 Å². The molecule has 5 aliphatic carbocycles. The molecule has 0 aromatic carbocycles. The molecule has 4 saturated carbocycles. The zero-order chi connectivity index (χ0) is 48.3. The molecule has 0 radical (unpaired) electrons. The first-order valence-electron chi connectivity index (χ1n) is 23.9. The number of allylic oxidation sites excluding steroid dienone is 2. The fourth-order valence-electron chi connectivity index (χ4n) is 14.8. The van der Waals surface area contributed by atoms with Crippen molar-refractivity contribution in [1.29, 1.82) is 0 Å². The van der Waals surface area contributed by atoms with Gasteiger partial charge in [-0.1, -0.05) is 53.2 Å². The van der Waals surface area contributed by atoms with E-state index < -0.39 is 128 Å². The summed E-state index contributed by atoms with van der Waals surface area (Å²) in [5.41, 5.74) is -1.22. The van der Waals surface area contributed by atoms with Crippen LogP contribution in [0, 0.1) is 50.2 Å². The number of fused-ring (bicyclic) bond motifs is 7. The lowest BCUT2D eigenvalue weighted by atomic mass is 9.33. The van der Waals surface area contributed by atoms with Gasteiger partial charge in [-0.15, -0.1) is 0 Å². The van der Waals surface area contributed by atoms with Gasteiger partial charge in [-0.05, 0) is 104 Å². The molecule has 8 aliphatic rings. The first-order chi connectivity index (χ1) is 30.8. The second-order valence-electron chi connectivity index (χ2n) is 22.9. The molecule has 7 fully saturated rings. The van der Waals surface area contributed by atoms with Crippen LogP contribution in [0.15, 0.2) is 11.6 Å². The fourth-order valence-corrected chi connectivity index (χ4v) is 14.8. The summed E-state index contributed by atoms with van der Waals surface area (Å²) in [6.45, 7) is 11.8. The molecule has 2 unspecified atom stereocenters. The van der Waals surface area contributed by atoms with E-state index in [1.165, 1.54) is 5.57 Å². The summed E-state index contributed by atoms with van der Waals surface area (Å²) in [5, 5.41) is 118. The maximum atomic E-state index is 13.2. The van der Waals surface area contributed by atoms with Gasteiger partial charge < -0.3 is 84.6 Å². The smallest absolute Gasteiger partial charge is 0.335 e. The summed E-state index contributed by atoms with van der Waals surface area (Å²) in [6.07, 6.45) is -16.7. The minimum Gasteiger partial charge on any atom is -0.481 e. The molecule has 11 N–H and O–H groups in total. The number of hydrogen-bond acceptors (Lipinski definition) is 17. The summed E-state index contributed by atoms with van der Waals surface area (Å²) < 4.78 is 35.8. The number of ether oxygens (including phenoxy) is 6. The zero-order valence-corrected chi connectivity index (χ0v) is 38.8. The number of carboxylic acids is 2. The molecule has 0 spiro atoms. The van der Waals surface area contributed by atoms with Crippen molar-refractivity contribution in [3.63, 3.8) is 0 Å². The fraction of sp³-hybridized carbons (Fsp3) is 0.915. The highest BCUT2D eigenvalue weighted by Gasteiger charge is 2.70. The molecular weight excluding hydrogens is 868 g/mol. The average Bonchev–Trinajstić information content (AvgIpc) is 3.26. The first kappa shape index (κ1) is 50.5. The molecule has 3 saturated heterocycles. The van der Waals surface area contributed by atoms with Crippen LogP contribution in [-0.4, -0.2) is 180 Å². The van der Waals surface area contributed by atoms with Crippen LogP contribution in [0.5, 0.6) is 0 Å². The standard InChI is InChI=1S/C47H74O19/c1-42(2)13-15-47(41(59)60)16-14-45(5)21(22(47)17-42)7-8-26-43(3)11-10-27(44(4,20-49)25(43)9-12-46(26,45)6)63-40-36(32(55)31(54)34(64-40)37(57)58)66-39-35(30(53)29(52)24(18-48)62-39)65-38-33(56)28(51)23(50)19-61-38/h7,22-36,38-40,48-56H,8-20H2,1-6H3,(H,57,58)(H,59,60)/t22-,23+,24+,25?,26?,27-,28-,29+,30-,31-,32-,33+,34-,35+,36+,38-,39-,40+,43-,44-,45+,46+,47-/m0/s1. The summed E-state index contributed by atoms with van der Waals surface area (Å²) in [4.78, 5) is 25.6. The SMILES string of the molecule is CC1(C)CC[C@]2(C(=O)O)CC[C@]3(C)C(=CCC4[C@@]5(C)CC[C@H](O[C@@H]6O[C@H](C(=O)O)[C@@H](O)[C@H](O)[C@H]6O[C@@H]6O[C@H](CO)[C@@H](O)[C@H](O)[C@H]6O[C@@H]6OC[C@@H](O)[C@H](O)[C@H]6O)[C@@](C)(CO)C5CC[C@]43C)[C@@H]2C1. The number of aliphatic hydroxyl groups is 9. The monoisotopic (exact) mass is 942 g/mol. The number of rotatable bonds is 10. The van der Waals surface area contributed by atoms with E-state index in [0.717, 1.165) is 32.1 Å². The molecule has 66 heavy (non-hydrogen) atoms. The summed E-state index contributed by atoms with van der Waals surface area (Å²) in [7, 11) is 0. The van der Waals surface area contributed by atoms with Crippen LogP contribution in [0.25, 0.3) is 0 Å². The molecule has 8 rings (SSSR count). The number of carboxylic acid groups (broad SMARTS) is 2. The van der Waals surface area contributed by atoms with Gasteiger partial charge in [0, 0.05) is 5.41 Å². The van der Waals surface area contributed by atoms with Crippen molar-refractivity contribution < 1.29 is 94.2 Å². The highest BCUT2D eigenvalue weighted by molar-refractivity contribution is 5.76. The zero-order valence-electron chi connectivity index (χ0n) is 38.8. The second-order valence-corrected chi connectivity index (χ2v) is 22.9. The van der Waals surface area contributed by atoms with Gasteiger partial charge in [0.05, 0.1) is 31.3 Å². The van der Waals surface area contributed by atoms with Gasteiger partial charge in [0.15, 0.2) is 25.0 Å². The molecule has 19 heteroatoms. The van der Waals surface area contributed by atoms with Crippen LogP contribution >= 0.6 is 0 Å². The quantitative estimate of drug-likeness (QED) is 0.104. The Bertz CT molecular complexity index is 1850. The Hall–Kier alpha value is -1.92. The van der Waals surface area contributed by atoms with Crippen LogP contribution in [0.2, 0.25) is 0 Å². The molecular formula is C47H74O19. The third-order valence-electron chi connectivity index (χ3n) is 19.1. The molecule has 0 aromatic rings. The minimum atomic E-state index is -2.08. The molecule has 23 atom stereocenters. The molecule has 0 amide bonds. The molecule has 0 aromatic heterocycles. The molecule has 0 bridgehead atoms. The van der Waals surface area contributed by atoms with Gasteiger partial charge in [-0.3, -0.25) is 4.79 Å². The van der Waals surface area contributed by atoms with Gasteiger partial charge in [0.1, 0.15) is 61.0 Å². The Morgan fingerprint density at radius 1 is 0.697 bits per heavy atom. The predicted molar refractivity (Wildman–Crippen MR) is 227 cm³/mol. The van der Waals surface area contributed by atoms with E-state index in [-0.39, 0.29) is 46.0 Å². The lowest BCUT2D eigenvalue weighted by Crippen LogP contribution is -2.68. The second kappa shape index (κ2) is 17.7. The van der Waals surface area contributed by atoms with E-state index in [2.05, 4.69) is 40.7 Å². The van der Waals surface area contributed by atoms with Crippen molar-refractivity contribution in [2.24, 2.45) is 50.2 Å². The Labute approximate surface area is 385 Å². The van der Waals surface area contributed by atoms with E-state index in [0.29, 0.717) is 32.1 Å². The van der Waals surface area contributed by atoms with Crippen molar-refractivity contribution in [1.82, 2.24) is 0 Å². The van der Waals surface area contributed by atoms with Crippen molar-refractivity contribution >= 4 is 11.9 Å². The number of aliphatic carboxylic acids is 2. The highest BCUT2D eigenvalue weighted by Crippen LogP contribution is 2.76. The largest absolute Gasteiger partial charge is 0.481 e. The average molecular weight is 943 g/mol.